The molecule has 2 fully saturated rings. The summed E-state index contributed by atoms with van der Waals surface area (Å²) in [6.45, 7) is 0.561. The number of benzene rings is 1. The van der Waals surface area contributed by atoms with Crippen LogP contribution in [0.1, 0.15) is 25.7 Å². The van der Waals surface area contributed by atoms with E-state index in [1.54, 1.807) is 12.4 Å². The molecule has 1 aromatic carbocycles. The Morgan fingerprint density at radius 2 is 2.00 bits per heavy atom. The summed E-state index contributed by atoms with van der Waals surface area (Å²) in [5, 5.41) is 7.91. The SMILES string of the molecule is Fc1ccc2c(c(N3CCCC4C(C#CC5CC(F)(F)C5)=CN=CC43)nc3nncn32)c1F. The Morgan fingerprint density at radius 1 is 1.15 bits per heavy atom. The quantitative estimate of drug-likeness (QED) is 0.409. The van der Waals surface area contributed by atoms with Crippen LogP contribution < -0.4 is 4.90 Å². The molecule has 0 radical (unpaired) electrons. The molecular weight excluding hydrogens is 436 g/mol. The third kappa shape index (κ3) is 3.25. The second-order valence-corrected chi connectivity index (χ2v) is 8.74. The fourth-order valence-corrected chi connectivity index (χ4v) is 4.96. The predicted molar refractivity (Wildman–Crippen MR) is 114 cm³/mol. The molecule has 2 unspecified atom stereocenters. The van der Waals surface area contributed by atoms with Crippen molar-refractivity contribution in [3.05, 3.63) is 41.9 Å². The number of anilines is 1. The number of halogens is 4. The largest absolute Gasteiger partial charge is 0.347 e. The first-order valence-electron chi connectivity index (χ1n) is 10.8. The normalized spacial score (nSPS) is 24.2. The van der Waals surface area contributed by atoms with Crippen molar-refractivity contribution in [3.63, 3.8) is 0 Å². The summed E-state index contributed by atoms with van der Waals surface area (Å²) in [5.41, 5.74) is 1.18. The van der Waals surface area contributed by atoms with E-state index in [1.807, 2.05) is 4.90 Å². The van der Waals surface area contributed by atoms with E-state index in [4.69, 9.17) is 0 Å². The molecule has 1 saturated carbocycles. The Labute approximate surface area is 186 Å². The first-order valence-corrected chi connectivity index (χ1v) is 10.8. The second-order valence-electron chi connectivity index (χ2n) is 8.74. The monoisotopic (exact) mass is 454 g/mol. The molecule has 1 aliphatic carbocycles. The highest BCUT2D eigenvalue weighted by Gasteiger charge is 2.44. The molecule has 4 heterocycles. The van der Waals surface area contributed by atoms with Crippen molar-refractivity contribution < 1.29 is 17.6 Å². The minimum Gasteiger partial charge on any atom is -0.347 e. The van der Waals surface area contributed by atoms with Crippen molar-refractivity contribution in [3.8, 4) is 11.8 Å². The van der Waals surface area contributed by atoms with E-state index in [2.05, 4.69) is 32.0 Å². The lowest BCUT2D eigenvalue weighted by atomic mass is 9.80. The average Bonchev–Trinajstić information content (AvgIpc) is 3.26. The van der Waals surface area contributed by atoms with Gasteiger partial charge >= 0.3 is 0 Å². The number of rotatable bonds is 1. The zero-order chi connectivity index (χ0) is 22.7. The van der Waals surface area contributed by atoms with E-state index in [1.165, 1.54) is 16.8 Å². The highest BCUT2D eigenvalue weighted by molar-refractivity contribution is 5.93. The lowest BCUT2D eigenvalue weighted by Crippen LogP contribution is -2.48. The predicted octanol–water partition coefficient (Wildman–Crippen LogP) is 4.16. The lowest BCUT2D eigenvalue weighted by Gasteiger charge is -2.41. The third-order valence-electron chi connectivity index (χ3n) is 6.61. The smallest absolute Gasteiger partial charge is 0.257 e. The summed E-state index contributed by atoms with van der Waals surface area (Å²) >= 11 is 0. The van der Waals surface area contributed by atoms with E-state index in [9.17, 15) is 13.2 Å². The Morgan fingerprint density at radius 3 is 2.82 bits per heavy atom. The molecule has 2 aromatic heterocycles. The zero-order valence-corrected chi connectivity index (χ0v) is 17.3. The molecule has 168 valence electrons. The molecule has 6 nitrogen and oxygen atoms in total. The number of piperidine rings is 1. The topological polar surface area (TPSA) is 58.7 Å². The molecular formula is C23H18F4N6. The Kier molecular flexibility index (Phi) is 4.44. The molecule has 0 N–H and O–H groups in total. The molecule has 1 saturated heterocycles. The van der Waals surface area contributed by atoms with Crippen molar-refractivity contribution in [2.24, 2.45) is 16.8 Å². The van der Waals surface area contributed by atoms with Crippen LogP contribution in [0.5, 0.6) is 0 Å². The Balaban J connectivity index is 1.40. The average molecular weight is 454 g/mol. The number of aliphatic imine (C=N–C) groups is 1. The molecule has 2 aliphatic heterocycles. The standard InChI is InChI=1S/C23H18F4N6/c24-16-5-6-17-19(20(16)25)21(30-22-31-29-12-33(17)22)32-7-1-2-15-14(10-28-11-18(15)32)4-3-13-8-23(26,27)9-13/h5-6,10-13,15,18H,1-2,7-9H2. The minimum absolute atomic E-state index is 0.0492. The van der Waals surface area contributed by atoms with Gasteiger partial charge < -0.3 is 4.90 Å². The van der Waals surface area contributed by atoms with Crippen LogP contribution in [0.15, 0.2) is 35.2 Å². The van der Waals surface area contributed by atoms with Crippen LogP contribution >= 0.6 is 0 Å². The van der Waals surface area contributed by atoms with Gasteiger partial charge in [-0.2, -0.15) is 4.98 Å². The van der Waals surface area contributed by atoms with Crippen LogP contribution in [0.3, 0.4) is 0 Å². The summed E-state index contributed by atoms with van der Waals surface area (Å²) in [6.07, 6.45) is 6.00. The van der Waals surface area contributed by atoms with E-state index in [0.29, 0.717) is 12.1 Å². The van der Waals surface area contributed by atoms with Gasteiger partial charge in [0.15, 0.2) is 11.6 Å². The van der Waals surface area contributed by atoms with Crippen LogP contribution in [0.4, 0.5) is 23.4 Å². The molecule has 6 rings (SSSR count). The summed E-state index contributed by atoms with van der Waals surface area (Å²) in [5.74, 6) is 1.65. The van der Waals surface area contributed by atoms with Crippen LogP contribution in [-0.2, 0) is 0 Å². The summed E-state index contributed by atoms with van der Waals surface area (Å²) < 4.78 is 57.1. The fourth-order valence-electron chi connectivity index (χ4n) is 4.96. The van der Waals surface area contributed by atoms with Gasteiger partial charge in [-0.05, 0) is 25.0 Å². The van der Waals surface area contributed by atoms with E-state index < -0.39 is 17.6 Å². The van der Waals surface area contributed by atoms with Gasteiger partial charge in [-0.1, -0.05) is 11.8 Å². The molecule has 3 aliphatic rings. The summed E-state index contributed by atoms with van der Waals surface area (Å²) in [6, 6.07) is 2.28. The van der Waals surface area contributed by atoms with Crippen molar-refractivity contribution in [1.82, 2.24) is 19.6 Å². The van der Waals surface area contributed by atoms with Gasteiger partial charge in [0.1, 0.15) is 12.1 Å². The van der Waals surface area contributed by atoms with Crippen LogP contribution in [-0.4, -0.2) is 44.3 Å². The van der Waals surface area contributed by atoms with Gasteiger partial charge in [-0.25, -0.2) is 17.6 Å². The van der Waals surface area contributed by atoms with Gasteiger partial charge in [-0.3, -0.25) is 9.39 Å². The number of hydrogen-bond donors (Lipinski definition) is 0. The van der Waals surface area contributed by atoms with Gasteiger partial charge in [-0.15, -0.1) is 10.2 Å². The van der Waals surface area contributed by atoms with E-state index >= 15 is 4.39 Å². The Bertz CT molecular complexity index is 1390. The maximum Gasteiger partial charge on any atom is 0.257 e. The fraction of sp³-hybridized carbons (Fsp3) is 0.391. The van der Waals surface area contributed by atoms with Gasteiger partial charge in [0.05, 0.1) is 16.9 Å². The van der Waals surface area contributed by atoms with Crippen LogP contribution in [0, 0.1) is 35.3 Å². The number of fused-ring (bicyclic) bond motifs is 4. The maximum atomic E-state index is 15.0. The van der Waals surface area contributed by atoms with Crippen LogP contribution in [0.25, 0.3) is 16.7 Å². The van der Waals surface area contributed by atoms with Crippen molar-refractivity contribution in [1.29, 1.82) is 0 Å². The molecule has 33 heavy (non-hydrogen) atoms. The number of nitrogens with zero attached hydrogens (tertiary/aromatic N) is 6. The summed E-state index contributed by atoms with van der Waals surface area (Å²) in [7, 11) is 0. The molecule has 3 aromatic rings. The molecule has 2 atom stereocenters. The van der Waals surface area contributed by atoms with Crippen LogP contribution in [0.2, 0.25) is 0 Å². The van der Waals surface area contributed by atoms with Gasteiger partial charge in [0.25, 0.3) is 11.7 Å². The highest BCUT2D eigenvalue weighted by Crippen LogP contribution is 2.42. The van der Waals surface area contributed by atoms with Crippen molar-refractivity contribution >= 4 is 28.7 Å². The van der Waals surface area contributed by atoms with Crippen molar-refractivity contribution in [2.75, 3.05) is 11.4 Å². The van der Waals surface area contributed by atoms with Gasteiger partial charge in [0.2, 0.25) is 0 Å². The molecule has 0 amide bonds. The van der Waals surface area contributed by atoms with Crippen molar-refractivity contribution in [2.45, 2.75) is 37.6 Å². The number of aromatic nitrogens is 4. The minimum atomic E-state index is -2.62. The molecule has 0 bridgehead atoms. The molecule has 10 heteroatoms. The third-order valence-corrected chi connectivity index (χ3v) is 6.61. The number of alkyl halides is 2. The Hall–Kier alpha value is -3.48. The zero-order valence-electron chi connectivity index (χ0n) is 17.3. The molecule has 0 spiro atoms. The van der Waals surface area contributed by atoms with Gasteiger partial charge in [0, 0.05) is 49.2 Å². The first kappa shape index (κ1) is 20.1. The first-order chi connectivity index (χ1) is 15.9. The summed E-state index contributed by atoms with van der Waals surface area (Å²) in [4.78, 5) is 10.8. The van der Waals surface area contributed by atoms with E-state index in [0.717, 1.165) is 24.5 Å². The lowest BCUT2D eigenvalue weighted by molar-refractivity contribution is -0.0936. The second kappa shape index (κ2) is 7.27. The maximum absolute atomic E-state index is 15.0. The number of hydrogen-bond acceptors (Lipinski definition) is 5. The highest BCUT2D eigenvalue weighted by atomic mass is 19.3. The van der Waals surface area contributed by atoms with E-state index in [-0.39, 0.29) is 47.7 Å².